The van der Waals surface area contributed by atoms with Gasteiger partial charge in [-0.05, 0) is 30.7 Å². The molecule has 7 heteroatoms. The van der Waals surface area contributed by atoms with Crippen LogP contribution in [0.1, 0.15) is 11.3 Å². The Hall–Kier alpha value is -3.09. The lowest BCUT2D eigenvalue weighted by Gasteiger charge is -2.10. The average molecular weight is 327 g/mol. The summed E-state index contributed by atoms with van der Waals surface area (Å²) in [4.78, 5) is 12.6. The van der Waals surface area contributed by atoms with Crippen LogP contribution in [0.2, 0.25) is 0 Å². The van der Waals surface area contributed by atoms with Crippen molar-refractivity contribution in [3.63, 3.8) is 0 Å². The number of nitrogens with one attached hydrogen (secondary N) is 2. The summed E-state index contributed by atoms with van der Waals surface area (Å²) in [5, 5.41) is 6.05. The third-order valence-electron chi connectivity index (χ3n) is 3.23. The zero-order valence-electron chi connectivity index (χ0n) is 12.9. The van der Waals surface area contributed by atoms with E-state index in [0.29, 0.717) is 24.0 Å². The number of halogens is 2. The molecule has 0 spiro atoms. The number of nitrogens with zero attached hydrogens (tertiary/aromatic N) is 3. The summed E-state index contributed by atoms with van der Waals surface area (Å²) in [6.45, 7) is 2.39. The fourth-order valence-corrected chi connectivity index (χ4v) is 2.11. The molecule has 3 rings (SSSR count). The number of hydrogen-bond acceptors (Lipinski definition) is 5. The number of hydrogen-bond donors (Lipinski definition) is 2. The standard InChI is InChI=1S/C17H15F2N5/c1-11-7-16(21-10-12-3-2-6-20-9-12)24-17(22-11)23-13-4-5-14(18)15(19)8-13/h2-9H,10H2,1H3,(H2,21,22,23,24). The smallest absolute Gasteiger partial charge is 0.229 e. The summed E-state index contributed by atoms with van der Waals surface area (Å²) in [6, 6.07) is 9.14. The molecule has 2 N–H and O–H groups in total. The lowest BCUT2D eigenvalue weighted by molar-refractivity contribution is 0.509. The van der Waals surface area contributed by atoms with Gasteiger partial charge in [0.1, 0.15) is 5.82 Å². The molecule has 0 saturated heterocycles. The van der Waals surface area contributed by atoms with Crippen LogP contribution in [0.5, 0.6) is 0 Å². The van der Waals surface area contributed by atoms with Crippen LogP contribution in [-0.2, 0) is 6.54 Å². The Labute approximate surface area is 137 Å². The molecule has 0 fully saturated rings. The Kier molecular flexibility index (Phi) is 4.60. The summed E-state index contributed by atoms with van der Waals surface area (Å²) in [5.41, 5.74) is 2.13. The highest BCUT2D eigenvalue weighted by Gasteiger charge is 2.06. The molecule has 0 amide bonds. The van der Waals surface area contributed by atoms with Crippen LogP contribution in [0, 0.1) is 18.6 Å². The monoisotopic (exact) mass is 327 g/mol. The SMILES string of the molecule is Cc1cc(NCc2cccnc2)nc(Nc2ccc(F)c(F)c2)n1. The highest BCUT2D eigenvalue weighted by Crippen LogP contribution is 2.18. The fraction of sp³-hybridized carbons (Fsp3) is 0.118. The van der Waals surface area contributed by atoms with Crippen molar-refractivity contribution in [3.8, 4) is 0 Å². The first kappa shape index (κ1) is 15.8. The lowest BCUT2D eigenvalue weighted by atomic mass is 10.3. The quantitative estimate of drug-likeness (QED) is 0.746. The van der Waals surface area contributed by atoms with E-state index in [9.17, 15) is 8.78 Å². The van der Waals surface area contributed by atoms with E-state index in [4.69, 9.17) is 0 Å². The van der Waals surface area contributed by atoms with E-state index < -0.39 is 11.6 Å². The Morgan fingerprint density at radius 3 is 2.67 bits per heavy atom. The van der Waals surface area contributed by atoms with Crippen LogP contribution in [0.25, 0.3) is 0 Å². The van der Waals surface area contributed by atoms with Crippen molar-refractivity contribution >= 4 is 17.5 Å². The second-order valence-electron chi connectivity index (χ2n) is 5.19. The van der Waals surface area contributed by atoms with E-state index in [-0.39, 0.29) is 0 Å². The topological polar surface area (TPSA) is 62.7 Å². The van der Waals surface area contributed by atoms with Crippen molar-refractivity contribution in [2.75, 3.05) is 10.6 Å². The van der Waals surface area contributed by atoms with Crippen LogP contribution in [0.4, 0.5) is 26.2 Å². The van der Waals surface area contributed by atoms with E-state index in [1.807, 2.05) is 19.1 Å². The highest BCUT2D eigenvalue weighted by atomic mass is 19.2. The maximum Gasteiger partial charge on any atom is 0.229 e. The van der Waals surface area contributed by atoms with E-state index in [1.165, 1.54) is 6.07 Å². The summed E-state index contributed by atoms with van der Waals surface area (Å²) in [7, 11) is 0. The van der Waals surface area contributed by atoms with Crippen LogP contribution in [0.15, 0.2) is 48.8 Å². The predicted octanol–water partition coefficient (Wildman–Crippen LogP) is 3.81. The molecular weight excluding hydrogens is 312 g/mol. The normalized spacial score (nSPS) is 10.5. The Morgan fingerprint density at radius 2 is 1.92 bits per heavy atom. The van der Waals surface area contributed by atoms with E-state index in [1.54, 1.807) is 18.5 Å². The first-order valence-electron chi connectivity index (χ1n) is 7.31. The minimum absolute atomic E-state index is 0.301. The number of rotatable bonds is 5. The van der Waals surface area contributed by atoms with E-state index in [0.717, 1.165) is 23.4 Å². The molecule has 1 aromatic carbocycles. The van der Waals surface area contributed by atoms with Crippen LogP contribution in [-0.4, -0.2) is 15.0 Å². The number of benzene rings is 1. The van der Waals surface area contributed by atoms with Gasteiger partial charge < -0.3 is 10.6 Å². The highest BCUT2D eigenvalue weighted by molar-refractivity contribution is 5.55. The minimum atomic E-state index is -0.928. The number of pyridine rings is 1. The number of anilines is 3. The third kappa shape index (κ3) is 4.01. The second kappa shape index (κ2) is 6.99. The molecule has 0 atom stereocenters. The van der Waals surface area contributed by atoms with Crippen molar-refractivity contribution in [1.29, 1.82) is 0 Å². The van der Waals surface area contributed by atoms with Gasteiger partial charge in [0.05, 0.1) is 0 Å². The maximum absolute atomic E-state index is 13.3. The molecule has 3 aromatic rings. The molecule has 122 valence electrons. The molecule has 0 bridgehead atoms. The minimum Gasteiger partial charge on any atom is -0.366 e. The maximum atomic E-state index is 13.3. The molecule has 0 aliphatic heterocycles. The molecule has 0 aliphatic carbocycles. The molecule has 2 heterocycles. The van der Waals surface area contributed by atoms with Crippen molar-refractivity contribution in [3.05, 3.63) is 71.7 Å². The van der Waals surface area contributed by atoms with Gasteiger partial charge in [-0.25, -0.2) is 13.8 Å². The van der Waals surface area contributed by atoms with Crippen LogP contribution >= 0.6 is 0 Å². The predicted molar refractivity (Wildman–Crippen MR) is 88.0 cm³/mol. The Morgan fingerprint density at radius 1 is 1.04 bits per heavy atom. The van der Waals surface area contributed by atoms with Gasteiger partial charge in [-0.2, -0.15) is 4.98 Å². The summed E-state index contributed by atoms with van der Waals surface area (Å²) < 4.78 is 26.3. The third-order valence-corrected chi connectivity index (χ3v) is 3.23. The molecule has 5 nitrogen and oxygen atoms in total. The van der Waals surface area contributed by atoms with Crippen LogP contribution < -0.4 is 10.6 Å². The van der Waals surface area contributed by atoms with Gasteiger partial charge in [0.15, 0.2) is 11.6 Å². The van der Waals surface area contributed by atoms with E-state index >= 15 is 0 Å². The van der Waals surface area contributed by atoms with Gasteiger partial charge in [-0.15, -0.1) is 0 Å². The van der Waals surface area contributed by atoms with Crippen molar-refractivity contribution in [2.45, 2.75) is 13.5 Å². The van der Waals surface area contributed by atoms with Crippen molar-refractivity contribution in [2.24, 2.45) is 0 Å². The zero-order chi connectivity index (χ0) is 16.9. The molecule has 2 aromatic heterocycles. The molecule has 0 saturated carbocycles. The summed E-state index contributed by atoms with van der Waals surface area (Å²) in [5.74, 6) is -0.904. The Balaban J connectivity index is 1.74. The largest absolute Gasteiger partial charge is 0.366 e. The van der Waals surface area contributed by atoms with Gasteiger partial charge >= 0.3 is 0 Å². The van der Waals surface area contributed by atoms with Crippen LogP contribution in [0.3, 0.4) is 0 Å². The van der Waals surface area contributed by atoms with Gasteiger partial charge in [0, 0.05) is 42.5 Å². The molecule has 0 unspecified atom stereocenters. The van der Waals surface area contributed by atoms with Crippen molar-refractivity contribution < 1.29 is 8.78 Å². The van der Waals surface area contributed by atoms with E-state index in [2.05, 4.69) is 25.6 Å². The van der Waals surface area contributed by atoms with Gasteiger partial charge in [0.2, 0.25) is 5.95 Å². The summed E-state index contributed by atoms with van der Waals surface area (Å²) in [6.07, 6.45) is 3.48. The lowest BCUT2D eigenvalue weighted by Crippen LogP contribution is -2.06. The van der Waals surface area contributed by atoms with Crippen molar-refractivity contribution in [1.82, 2.24) is 15.0 Å². The average Bonchev–Trinajstić information content (AvgIpc) is 2.57. The number of aryl methyl sites for hydroxylation is 1. The van der Waals surface area contributed by atoms with Gasteiger partial charge in [-0.1, -0.05) is 6.07 Å². The first-order valence-corrected chi connectivity index (χ1v) is 7.31. The zero-order valence-corrected chi connectivity index (χ0v) is 12.9. The molecule has 24 heavy (non-hydrogen) atoms. The van der Waals surface area contributed by atoms with Gasteiger partial charge in [-0.3, -0.25) is 4.98 Å². The second-order valence-corrected chi connectivity index (χ2v) is 5.19. The molecular formula is C17H15F2N5. The fourth-order valence-electron chi connectivity index (χ4n) is 2.11. The Bertz CT molecular complexity index is 840. The molecule has 0 aliphatic rings. The molecule has 0 radical (unpaired) electrons. The summed E-state index contributed by atoms with van der Waals surface area (Å²) >= 11 is 0. The van der Waals surface area contributed by atoms with Gasteiger partial charge in [0.25, 0.3) is 0 Å². The number of aromatic nitrogens is 3. The first-order chi connectivity index (χ1) is 11.6.